The number of primary amides is 1. The largest absolute Gasteiger partial charge is 0.368 e. The number of amides is 2. The van der Waals surface area contributed by atoms with Crippen LogP contribution in [0, 0.1) is 18.8 Å². The fraction of sp³-hybridized carbons (Fsp3) is 0.286. The number of benzene rings is 1. The minimum Gasteiger partial charge on any atom is -0.368 e. The molecule has 0 heterocycles. The first-order valence-electron chi connectivity index (χ1n) is 5.79. The van der Waals surface area contributed by atoms with Crippen LogP contribution in [-0.2, 0) is 4.79 Å². The minimum atomic E-state index is -0.549. The summed E-state index contributed by atoms with van der Waals surface area (Å²) in [6.07, 6.45) is 0. The van der Waals surface area contributed by atoms with Gasteiger partial charge < -0.3 is 16.4 Å². The number of carbonyl (C=O) groups is 2. The van der Waals surface area contributed by atoms with Gasteiger partial charge in [-0.2, -0.15) is 0 Å². The van der Waals surface area contributed by atoms with E-state index in [-0.39, 0.29) is 19.0 Å². The van der Waals surface area contributed by atoms with Crippen molar-refractivity contribution in [2.45, 2.75) is 6.92 Å². The van der Waals surface area contributed by atoms with Crippen LogP contribution in [0.4, 0.5) is 0 Å². The molecule has 0 aliphatic carbocycles. The fourth-order valence-corrected chi connectivity index (χ4v) is 1.59. The molecule has 5 heteroatoms. The zero-order chi connectivity index (χ0) is 14.4. The maximum atomic E-state index is 12.2. The summed E-state index contributed by atoms with van der Waals surface area (Å²) in [5.41, 5.74) is 12.4. The molecule has 4 N–H and O–H groups in total. The van der Waals surface area contributed by atoms with E-state index in [1.807, 2.05) is 19.1 Å². The number of nitrogens with two attached hydrogens (primary N) is 2. The van der Waals surface area contributed by atoms with Gasteiger partial charge in [-0.25, -0.2) is 0 Å². The monoisotopic (exact) mass is 259 g/mol. The molecular weight excluding hydrogens is 242 g/mol. The quantitative estimate of drug-likeness (QED) is 0.740. The van der Waals surface area contributed by atoms with Crippen molar-refractivity contribution in [1.29, 1.82) is 0 Å². The van der Waals surface area contributed by atoms with Gasteiger partial charge in [-0.15, -0.1) is 0 Å². The highest BCUT2D eigenvalue weighted by Crippen LogP contribution is 2.12. The molecule has 5 nitrogen and oxygen atoms in total. The van der Waals surface area contributed by atoms with Crippen LogP contribution >= 0.6 is 0 Å². The summed E-state index contributed by atoms with van der Waals surface area (Å²) in [5, 5.41) is 0. The number of aryl methyl sites for hydroxylation is 1. The van der Waals surface area contributed by atoms with Gasteiger partial charge in [0, 0.05) is 18.2 Å². The lowest BCUT2D eigenvalue weighted by Gasteiger charge is -2.16. The summed E-state index contributed by atoms with van der Waals surface area (Å²) in [7, 11) is 1.53. The molecule has 0 saturated heterocycles. The molecule has 0 fully saturated rings. The van der Waals surface area contributed by atoms with E-state index in [1.165, 1.54) is 11.9 Å². The first kappa shape index (κ1) is 14.7. The number of rotatable bonds is 3. The van der Waals surface area contributed by atoms with Gasteiger partial charge in [0.1, 0.15) is 0 Å². The average molecular weight is 259 g/mol. The third-order valence-electron chi connectivity index (χ3n) is 2.54. The first-order valence-corrected chi connectivity index (χ1v) is 5.79. The van der Waals surface area contributed by atoms with Crippen LogP contribution in [0.15, 0.2) is 18.2 Å². The Bertz CT molecular complexity index is 556. The lowest BCUT2D eigenvalue weighted by molar-refractivity contribution is -0.118. The van der Waals surface area contributed by atoms with Gasteiger partial charge in [0.15, 0.2) is 0 Å². The normalized spacial score (nSPS) is 9.42. The van der Waals surface area contributed by atoms with E-state index >= 15 is 0 Å². The molecule has 0 atom stereocenters. The average Bonchev–Trinajstić information content (AvgIpc) is 2.36. The van der Waals surface area contributed by atoms with Crippen LogP contribution in [-0.4, -0.2) is 36.9 Å². The highest BCUT2D eigenvalue weighted by molar-refractivity contribution is 5.97. The topological polar surface area (TPSA) is 89.4 Å². The Morgan fingerprint density at radius 2 is 2.05 bits per heavy atom. The summed E-state index contributed by atoms with van der Waals surface area (Å²) in [4.78, 5) is 24.3. The van der Waals surface area contributed by atoms with Gasteiger partial charge in [0.2, 0.25) is 5.91 Å². The van der Waals surface area contributed by atoms with E-state index < -0.39 is 5.91 Å². The highest BCUT2D eigenvalue weighted by Gasteiger charge is 2.15. The number of hydrogen-bond donors (Lipinski definition) is 2. The Morgan fingerprint density at radius 1 is 1.37 bits per heavy atom. The molecule has 0 radical (unpaired) electrons. The molecule has 100 valence electrons. The summed E-state index contributed by atoms with van der Waals surface area (Å²) in [6, 6.07) is 5.33. The van der Waals surface area contributed by atoms with Gasteiger partial charge in [0.05, 0.1) is 13.1 Å². The van der Waals surface area contributed by atoms with Crippen LogP contribution in [0.3, 0.4) is 0 Å². The molecule has 0 aliphatic rings. The van der Waals surface area contributed by atoms with Gasteiger partial charge >= 0.3 is 0 Å². The molecule has 19 heavy (non-hydrogen) atoms. The van der Waals surface area contributed by atoms with Crippen LogP contribution in [0.5, 0.6) is 0 Å². The summed E-state index contributed by atoms with van der Waals surface area (Å²) in [5.74, 6) is 4.79. The highest BCUT2D eigenvalue weighted by atomic mass is 16.2. The maximum absolute atomic E-state index is 12.2. The molecule has 0 aliphatic heterocycles. The zero-order valence-electron chi connectivity index (χ0n) is 11.1. The van der Waals surface area contributed by atoms with Crippen LogP contribution in [0.2, 0.25) is 0 Å². The number of nitrogens with zero attached hydrogens (tertiary/aromatic N) is 1. The van der Waals surface area contributed by atoms with Crippen LogP contribution < -0.4 is 11.5 Å². The van der Waals surface area contributed by atoms with Crippen molar-refractivity contribution in [2.75, 3.05) is 20.1 Å². The minimum absolute atomic E-state index is 0.114. The fourth-order valence-electron chi connectivity index (χ4n) is 1.59. The molecule has 0 saturated carbocycles. The van der Waals surface area contributed by atoms with Gasteiger partial charge in [-0.05, 0) is 24.6 Å². The molecule has 0 aromatic heterocycles. The van der Waals surface area contributed by atoms with E-state index in [0.29, 0.717) is 11.1 Å². The van der Waals surface area contributed by atoms with E-state index in [9.17, 15) is 9.59 Å². The van der Waals surface area contributed by atoms with Gasteiger partial charge in [-0.3, -0.25) is 9.59 Å². The third-order valence-corrected chi connectivity index (χ3v) is 2.54. The Kier molecular flexibility index (Phi) is 5.10. The number of hydrogen-bond acceptors (Lipinski definition) is 3. The third kappa shape index (κ3) is 4.12. The lowest BCUT2D eigenvalue weighted by Crippen LogP contribution is -2.35. The van der Waals surface area contributed by atoms with Crippen LogP contribution in [0.25, 0.3) is 0 Å². The maximum Gasteiger partial charge on any atom is 0.254 e. The summed E-state index contributed by atoms with van der Waals surface area (Å²) >= 11 is 0. The van der Waals surface area contributed by atoms with Crippen molar-refractivity contribution in [3.63, 3.8) is 0 Å². The van der Waals surface area contributed by atoms with E-state index in [4.69, 9.17) is 11.5 Å². The van der Waals surface area contributed by atoms with E-state index in [0.717, 1.165) is 5.56 Å². The molecule has 0 bridgehead atoms. The molecule has 2 amide bonds. The Labute approximate surface area is 112 Å². The van der Waals surface area contributed by atoms with E-state index in [1.54, 1.807) is 6.07 Å². The number of likely N-dealkylation sites (N-methyl/N-ethyl adjacent to an activating group) is 1. The van der Waals surface area contributed by atoms with Gasteiger partial charge in [0.25, 0.3) is 5.91 Å². The Balaban J connectivity index is 3.04. The predicted octanol–water partition coefficient (Wildman–Crippen LogP) is -0.137. The standard InChI is InChI=1S/C14H17N3O2/c1-10-5-6-11(4-3-7-15)8-12(10)14(19)17(2)9-13(16)18/h5-6,8H,7,9,15H2,1-2H3,(H2,16,18). The van der Waals surface area contributed by atoms with Crippen LogP contribution in [0.1, 0.15) is 21.5 Å². The zero-order valence-corrected chi connectivity index (χ0v) is 11.1. The second kappa shape index (κ2) is 6.57. The van der Waals surface area contributed by atoms with Gasteiger partial charge in [-0.1, -0.05) is 17.9 Å². The first-order chi connectivity index (χ1) is 8.95. The smallest absolute Gasteiger partial charge is 0.254 e. The second-order valence-electron chi connectivity index (χ2n) is 4.16. The summed E-state index contributed by atoms with van der Waals surface area (Å²) < 4.78 is 0. The lowest BCUT2D eigenvalue weighted by atomic mass is 10.0. The predicted molar refractivity (Wildman–Crippen MR) is 73.3 cm³/mol. The molecule has 1 aromatic carbocycles. The second-order valence-corrected chi connectivity index (χ2v) is 4.16. The number of carbonyl (C=O) groups excluding carboxylic acids is 2. The van der Waals surface area contributed by atoms with Crippen molar-refractivity contribution in [1.82, 2.24) is 4.90 Å². The summed E-state index contributed by atoms with van der Waals surface area (Å²) in [6.45, 7) is 1.97. The molecule has 0 spiro atoms. The van der Waals surface area contributed by atoms with E-state index in [2.05, 4.69) is 11.8 Å². The Hall–Kier alpha value is -2.32. The Morgan fingerprint density at radius 3 is 2.63 bits per heavy atom. The molecule has 1 aromatic rings. The van der Waals surface area contributed by atoms with Crippen molar-refractivity contribution in [2.24, 2.45) is 11.5 Å². The molecule has 0 unspecified atom stereocenters. The molecular formula is C14H17N3O2. The van der Waals surface area contributed by atoms with Crippen molar-refractivity contribution in [3.05, 3.63) is 34.9 Å². The molecule has 1 rings (SSSR count). The van der Waals surface area contributed by atoms with Crippen molar-refractivity contribution in [3.8, 4) is 11.8 Å². The van der Waals surface area contributed by atoms with Crippen molar-refractivity contribution >= 4 is 11.8 Å². The van der Waals surface area contributed by atoms with Crippen molar-refractivity contribution < 1.29 is 9.59 Å². The SMILES string of the molecule is Cc1ccc(C#CCN)cc1C(=O)N(C)CC(N)=O.